The predicted octanol–water partition coefficient (Wildman–Crippen LogP) is 6.28. The van der Waals surface area contributed by atoms with Crippen molar-refractivity contribution in [2.24, 2.45) is 5.11 Å². The Morgan fingerprint density at radius 1 is 0.871 bits per heavy atom. The van der Waals surface area contributed by atoms with E-state index in [0.717, 1.165) is 40.1 Å². The van der Waals surface area contributed by atoms with E-state index >= 15 is 0 Å². The highest BCUT2D eigenvalue weighted by Gasteiger charge is 2.18. The molecule has 1 unspecified atom stereocenters. The molecular weight excluding hydrogens is 384 g/mol. The molecule has 0 aliphatic carbocycles. The minimum absolute atomic E-state index is 0.335. The van der Waals surface area contributed by atoms with E-state index in [1.54, 1.807) is 0 Å². The van der Waals surface area contributed by atoms with Gasteiger partial charge in [0.05, 0.1) is 6.04 Å². The summed E-state index contributed by atoms with van der Waals surface area (Å²) in [5.74, 6) is 0.836. The zero-order valence-corrected chi connectivity index (χ0v) is 18.3. The van der Waals surface area contributed by atoms with Gasteiger partial charge in [-0.1, -0.05) is 84.8 Å². The normalized spacial score (nSPS) is 12.6. The third-order valence-corrected chi connectivity index (χ3v) is 5.01. The number of azide groups is 1. The Morgan fingerprint density at radius 2 is 1.42 bits per heavy atom. The SMILES string of the molecule is CC(N=[N+]=[N-])/C(=C(/c1ccccc1)c1ccc(OCCN(C)C)cc1)c1ccccc1. The third-order valence-electron chi connectivity index (χ3n) is 5.01. The maximum atomic E-state index is 9.13. The fourth-order valence-electron chi connectivity index (χ4n) is 3.49. The van der Waals surface area contributed by atoms with Crippen LogP contribution in [0.5, 0.6) is 5.75 Å². The van der Waals surface area contributed by atoms with Crippen LogP contribution in [-0.2, 0) is 0 Å². The lowest BCUT2D eigenvalue weighted by Gasteiger charge is -2.20. The third kappa shape index (κ3) is 5.98. The van der Waals surface area contributed by atoms with Crippen LogP contribution in [0.3, 0.4) is 0 Å². The molecule has 0 aromatic heterocycles. The maximum Gasteiger partial charge on any atom is 0.119 e. The standard InChI is InChI=1S/C26H28N4O/c1-20(28-29-27)25(21-10-6-4-7-11-21)26(22-12-8-5-9-13-22)23-14-16-24(17-15-23)31-19-18-30(2)3/h4-17,20H,18-19H2,1-3H3/b26-25+. The molecule has 3 rings (SSSR count). The molecule has 5 heteroatoms. The topological polar surface area (TPSA) is 61.2 Å². The van der Waals surface area contributed by atoms with E-state index in [2.05, 4.69) is 51.3 Å². The van der Waals surface area contributed by atoms with Gasteiger partial charge < -0.3 is 9.64 Å². The fourth-order valence-corrected chi connectivity index (χ4v) is 3.49. The Bertz CT molecular complexity index is 1040. The summed E-state index contributed by atoms with van der Waals surface area (Å²) in [6.07, 6.45) is 0. The number of hydrogen-bond donors (Lipinski definition) is 0. The quantitative estimate of drug-likeness (QED) is 0.180. The van der Waals surface area contributed by atoms with Gasteiger partial charge in [-0.2, -0.15) is 0 Å². The second-order valence-corrected chi connectivity index (χ2v) is 7.58. The van der Waals surface area contributed by atoms with Crippen molar-refractivity contribution in [1.29, 1.82) is 0 Å². The van der Waals surface area contributed by atoms with Crippen LogP contribution in [0.2, 0.25) is 0 Å². The molecule has 0 saturated carbocycles. The first-order chi connectivity index (χ1) is 15.1. The van der Waals surface area contributed by atoms with E-state index in [1.165, 1.54) is 0 Å². The minimum Gasteiger partial charge on any atom is -0.492 e. The van der Waals surface area contributed by atoms with Crippen LogP contribution in [0.25, 0.3) is 21.6 Å². The lowest BCUT2D eigenvalue weighted by Crippen LogP contribution is -2.19. The summed E-state index contributed by atoms with van der Waals surface area (Å²) in [6.45, 7) is 3.43. The van der Waals surface area contributed by atoms with Crippen LogP contribution in [0.15, 0.2) is 90.0 Å². The molecule has 1 atom stereocenters. The van der Waals surface area contributed by atoms with Crippen molar-refractivity contribution in [3.8, 4) is 5.75 Å². The maximum absolute atomic E-state index is 9.13. The highest BCUT2D eigenvalue weighted by Crippen LogP contribution is 2.36. The van der Waals surface area contributed by atoms with Crippen LogP contribution in [0.4, 0.5) is 0 Å². The Kier molecular flexibility index (Phi) is 7.88. The summed E-state index contributed by atoms with van der Waals surface area (Å²) >= 11 is 0. The van der Waals surface area contributed by atoms with Crippen molar-refractivity contribution in [2.45, 2.75) is 13.0 Å². The second kappa shape index (κ2) is 11.0. The van der Waals surface area contributed by atoms with Gasteiger partial charge in [-0.05, 0) is 59.6 Å². The van der Waals surface area contributed by atoms with E-state index in [1.807, 2.05) is 69.6 Å². The summed E-state index contributed by atoms with van der Waals surface area (Å²) in [6, 6.07) is 28.1. The molecule has 0 amide bonds. The van der Waals surface area contributed by atoms with Crippen molar-refractivity contribution < 1.29 is 4.74 Å². The first-order valence-electron chi connectivity index (χ1n) is 10.4. The molecule has 0 bridgehead atoms. The first-order valence-corrected chi connectivity index (χ1v) is 10.4. The molecule has 0 aliphatic heterocycles. The zero-order valence-electron chi connectivity index (χ0n) is 18.3. The highest BCUT2D eigenvalue weighted by atomic mass is 16.5. The molecule has 0 N–H and O–H groups in total. The van der Waals surface area contributed by atoms with Gasteiger partial charge in [0.25, 0.3) is 0 Å². The number of rotatable bonds is 9. The molecule has 158 valence electrons. The van der Waals surface area contributed by atoms with Crippen LogP contribution >= 0.6 is 0 Å². The Balaban J connectivity index is 2.12. The van der Waals surface area contributed by atoms with E-state index < -0.39 is 0 Å². The predicted molar refractivity (Wildman–Crippen MR) is 128 cm³/mol. The Hall–Kier alpha value is -3.53. The minimum atomic E-state index is -0.335. The summed E-state index contributed by atoms with van der Waals surface area (Å²) in [4.78, 5) is 5.17. The monoisotopic (exact) mass is 412 g/mol. The number of likely N-dealkylation sites (N-methyl/N-ethyl adjacent to an activating group) is 1. The van der Waals surface area contributed by atoms with E-state index in [9.17, 15) is 0 Å². The van der Waals surface area contributed by atoms with E-state index in [0.29, 0.717) is 6.61 Å². The lowest BCUT2D eigenvalue weighted by molar-refractivity contribution is 0.261. The van der Waals surface area contributed by atoms with Crippen LogP contribution in [0, 0.1) is 0 Å². The van der Waals surface area contributed by atoms with Gasteiger partial charge in [-0.25, -0.2) is 0 Å². The van der Waals surface area contributed by atoms with Gasteiger partial charge in [0.15, 0.2) is 0 Å². The zero-order chi connectivity index (χ0) is 22.1. The van der Waals surface area contributed by atoms with E-state index in [-0.39, 0.29) is 6.04 Å². The molecule has 0 spiro atoms. The van der Waals surface area contributed by atoms with Crippen molar-refractivity contribution >= 4 is 11.1 Å². The van der Waals surface area contributed by atoms with Crippen LogP contribution in [-0.4, -0.2) is 38.2 Å². The molecule has 5 nitrogen and oxygen atoms in total. The number of ether oxygens (including phenoxy) is 1. The molecule has 0 radical (unpaired) electrons. The van der Waals surface area contributed by atoms with Crippen LogP contribution in [0.1, 0.15) is 23.6 Å². The molecule has 0 aliphatic rings. The molecule has 0 saturated heterocycles. The molecular formula is C26H28N4O. The number of benzene rings is 3. The molecule has 3 aromatic carbocycles. The molecule has 31 heavy (non-hydrogen) atoms. The smallest absolute Gasteiger partial charge is 0.119 e. The van der Waals surface area contributed by atoms with Crippen molar-refractivity contribution in [1.82, 2.24) is 4.90 Å². The van der Waals surface area contributed by atoms with Crippen LogP contribution < -0.4 is 4.74 Å². The van der Waals surface area contributed by atoms with Crippen molar-refractivity contribution in [3.05, 3.63) is 112 Å². The van der Waals surface area contributed by atoms with Crippen molar-refractivity contribution in [3.63, 3.8) is 0 Å². The van der Waals surface area contributed by atoms with Gasteiger partial charge in [0.1, 0.15) is 12.4 Å². The Labute approximate surface area is 184 Å². The largest absolute Gasteiger partial charge is 0.492 e. The summed E-state index contributed by atoms with van der Waals surface area (Å²) < 4.78 is 5.86. The fraction of sp³-hybridized carbons (Fsp3) is 0.231. The van der Waals surface area contributed by atoms with Gasteiger partial charge in [0.2, 0.25) is 0 Å². The van der Waals surface area contributed by atoms with Gasteiger partial charge in [0, 0.05) is 11.5 Å². The van der Waals surface area contributed by atoms with Gasteiger partial charge >= 0.3 is 0 Å². The second-order valence-electron chi connectivity index (χ2n) is 7.58. The average Bonchev–Trinajstić information content (AvgIpc) is 2.79. The first kappa shape index (κ1) is 22.2. The number of hydrogen-bond acceptors (Lipinski definition) is 3. The molecule has 0 heterocycles. The average molecular weight is 413 g/mol. The highest BCUT2D eigenvalue weighted by molar-refractivity contribution is 6.00. The number of nitrogens with zero attached hydrogens (tertiary/aromatic N) is 4. The van der Waals surface area contributed by atoms with Gasteiger partial charge in [-0.15, -0.1) is 0 Å². The summed E-state index contributed by atoms with van der Waals surface area (Å²) in [7, 11) is 4.05. The molecule has 0 fully saturated rings. The summed E-state index contributed by atoms with van der Waals surface area (Å²) in [5.41, 5.74) is 14.3. The summed E-state index contributed by atoms with van der Waals surface area (Å²) in [5, 5.41) is 4.04. The lowest BCUT2D eigenvalue weighted by atomic mass is 9.86. The Morgan fingerprint density at radius 3 is 1.97 bits per heavy atom. The van der Waals surface area contributed by atoms with Crippen molar-refractivity contribution in [2.75, 3.05) is 27.2 Å². The van der Waals surface area contributed by atoms with Gasteiger partial charge in [-0.3, -0.25) is 0 Å². The van der Waals surface area contributed by atoms with E-state index in [4.69, 9.17) is 10.3 Å². The molecule has 3 aromatic rings.